The van der Waals surface area contributed by atoms with Gasteiger partial charge in [0.1, 0.15) is 47.9 Å². The Kier molecular flexibility index (Phi) is 5.04. The molecule has 10 nitrogen and oxygen atoms in total. The van der Waals surface area contributed by atoms with Gasteiger partial charge >= 0.3 is 0 Å². The fraction of sp³-hybridized carbons (Fsp3) is 0.316. The lowest BCUT2D eigenvalue weighted by atomic mass is 10.1. The first-order valence-electron chi connectivity index (χ1n) is 9.01. The summed E-state index contributed by atoms with van der Waals surface area (Å²) in [6, 6.07) is 11.7. The highest BCUT2D eigenvalue weighted by Gasteiger charge is 2.45. The maximum Gasteiger partial charge on any atom is 0.166 e. The van der Waals surface area contributed by atoms with Gasteiger partial charge in [0.15, 0.2) is 11.9 Å². The number of aromatic nitrogens is 3. The van der Waals surface area contributed by atoms with Gasteiger partial charge in [0, 0.05) is 6.54 Å². The fourth-order valence-electron chi connectivity index (χ4n) is 3.56. The predicted molar refractivity (Wildman–Crippen MR) is 103 cm³/mol. The maximum absolute atomic E-state index is 10.5. The van der Waals surface area contributed by atoms with Crippen LogP contribution in [0.25, 0.3) is 11.0 Å². The second-order valence-corrected chi connectivity index (χ2v) is 6.73. The molecule has 1 aliphatic heterocycles. The zero-order chi connectivity index (χ0) is 20.5. The molecule has 3 heterocycles. The highest BCUT2D eigenvalue weighted by molar-refractivity contribution is 5.97. The van der Waals surface area contributed by atoms with Crippen LogP contribution in [-0.4, -0.2) is 54.8 Å². The molecule has 29 heavy (non-hydrogen) atoms. The van der Waals surface area contributed by atoms with Crippen LogP contribution in [0.1, 0.15) is 17.4 Å². The van der Waals surface area contributed by atoms with Gasteiger partial charge in [0.05, 0.1) is 12.0 Å². The minimum atomic E-state index is -1.34. The largest absolute Gasteiger partial charge is 0.394 e. The number of ether oxygens (including phenoxy) is 1. The van der Waals surface area contributed by atoms with Crippen LogP contribution in [0, 0.1) is 11.3 Å². The van der Waals surface area contributed by atoms with E-state index in [1.165, 1.54) is 10.9 Å². The number of hydrogen-bond donors (Lipinski definition) is 5. The molecule has 0 bridgehead atoms. The van der Waals surface area contributed by atoms with E-state index in [-0.39, 0.29) is 17.0 Å². The molecule has 4 rings (SSSR count). The SMILES string of the molecule is N#Cc1c(NCc2ccccc2)n([C@@H]2O[C@H](CO)[C@@H](O)[C@H]2O)c2ncnc(N)c12. The third kappa shape index (κ3) is 3.16. The smallest absolute Gasteiger partial charge is 0.166 e. The average Bonchev–Trinajstić information content (AvgIpc) is 3.21. The van der Waals surface area contributed by atoms with Crippen molar-refractivity contribution in [2.24, 2.45) is 0 Å². The van der Waals surface area contributed by atoms with E-state index in [1.807, 2.05) is 30.3 Å². The topological polar surface area (TPSA) is 162 Å². The number of aliphatic hydroxyl groups is 3. The summed E-state index contributed by atoms with van der Waals surface area (Å²) < 4.78 is 7.17. The Morgan fingerprint density at radius 1 is 1.21 bits per heavy atom. The van der Waals surface area contributed by atoms with Crippen molar-refractivity contribution in [2.75, 3.05) is 17.7 Å². The number of benzene rings is 1. The van der Waals surface area contributed by atoms with E-state index in [9.17, 15) is 20.6 Å². The second kappa shape index (κ2) is 7.65. The zero-order valence-electron chi connectivity index (χ0n) is 15.3. The van der Waals surface area contributed by atoms with E-state index >= 15 is 0 Å². The molecular formula is C19H20N6O4. The molecule has 1 aromatic carbocycles. The number of aliphatic hydroxyl groups excluding tert-OH is 3. The monoisotopic (exact) mass is 396 g/mol. The Balaban J connectivity index is 1.85. The number of rotatable bonds is 5. The minimum Gasteiger partial charge on any atom is -0.394 e. The number of fused-ring (bicyclic) bond motifs is 1. The van der Waals surface area contributed by atoms with E-state index in [0.717, 1.165) is 5.56 Å². The Morgan fingerprint density at radius 2 is 1.97 bits per heavy atom. The molecule has 10 heteroatoms. The van der Waals surface area contributed by atoms with E-state index < -0.39 is 31.1 Å². The molecule has 1 fully saturated rings. The van der Waals surface area contributed by atoms with Gasteiger partial charge in [-0.25, -0.2) is 9.97 Å². The van der Waals surface area contributed by atoms with Gasteiger partial charge in [0.2, 0.25) is 0 Å². The van der Waals surface area contributed by atoms with Crippen LogP contribution in [-0.2, 0) is 11.3 Å². The summed E-state index contributed by atoms with van der Waals surface area (Å²) in [7, 11) is 0. The van der Waals surface area contributed by atoms with Crippen molar-refractivity contribution in [2.45, 2.75) is 31.1 Å². The quantitative estimate of drug-likeness (QED) is 0.403. The number of nitrogens with one attached hydrogen (secondary N) is 1. The zero-order valence-corrected chi connectivity index (χ0v) is 15.3. The summed E-state index contributed by atoms with van der Waals surface area (Å²) in [5.74, 6) is 0.438. The molecule has 6 N–H and O–H groups in total. The molecule has 1 aliphatic rings. The summed E-state index contributed by atoms with van der Waals surface area (Å²) in [5, 5.41) is 43.5. The molecule has 0 saturated carbocycles. The van der Waals surface area contributed by atoms with Crippen LogP contribution < -0.4 is 11.1 Å². The third-order valence-electron chi connectivity index (χ3n) is 5.00. The van der Waals surface area contributed by atoms with Crippen molar-refractivity contribution in [3.05, 3.63) is 47.8 Å². The van der Waals surface area contributed by atoms with Crippen LogP contribution in [0.3, 0.4) is 0 Å². The number of nitriles is 1. The van der Waals surface area contributed by atoms with Crippen LogP contribution in [0.2, 0.25) is 0 Å². The number of nitrogens with two attached hydrogens (primary N) is 1. The van der Waals surface area contributed by atoms with Gasteiger partial charge in [0.25, 0.3) is 0 Å². The molecule has 1 saturated heterocycles. The number of anilines is 2. The van der Waals surface area contributed by atoms with Crippen molar-refractivity contribution >= 4 is 22.7 Å². The summed E-state index contributed by atoms with van der Waals surface area (Å²) in [6.07, 6.45) is -3.45. The first kappa shape index (κ1) is 19.1. The van der Waals surface area contributed by atoms with Crippen molar-refractivity contribution in [1.82, 2.24) is 14.5 Å². The second-order valence-electron chi connectivity index (χ2n) is 6.73. The summed E-state index contributed by atoms with van der Waals surface area (Å²) in [4.78, 5) is 8.19. The van der Waals surface area contributed by atoms with E-state index in [4.69, 9.17) is 10.5 Å². The Hall–Kier alpha value is -3.23. The average molecular weight is 396 g/mol. The Bertz CT molecular complexity index is 1060. The highest BCUT2D eigenvalue weighted by atomic mass is 16.6. The minimum absolute atomic E-state index is 0.111. The van der Waals surface area contributed by atoms with Crippen LogP contribution in [0.5, 0.6) is 0 Å². The number of nitrogens with zero attached hydrogens (tertiary/aromatic N) is 4. The number of nitrogen functional groups attached to an aromatic ring is 1. The van der Waals surface area contributed by atoms with Crippen molar-refractivity contribution in [1.29, 1.82) is 5.26 Å². The van der Waals surface area contributed by atoms with E-state index in [2.05, 4.69) is 21.4 Å². The number of hydrogen-bond acceptors (Lipinski definition) is 9. The third-order valence-corrected chi connectivity index (χ3v) is 5.00. The lowest BCUT2D eigenvalue weighted by Crippen LogP contribution is -2.33. The normalized spacial score (nSPS) is 23.9. The molecule has 0 aliphatic carbocycles. The lowest BCUT2D eigenvalue weighted by molar-refractivity contribution is -0.0499. The summed E-state index contributed by atoms with van der Waals surface area (Å²) in [5.41, 5.74) is 7.44. The maximum atomic E-state index is 10.5. The standard InChI is InChI=1S/C19H20N6O4/c20-6-11-13-16(21)23-9-24-18(13)25(19-15(28)14(27)12(8-26)29-19)17(11)22-7-10-4-2-1-3-5-10/h1-5,9,12,14-15,19,22,26-28H,7-8H2,(H2,21,23,24)/t12-,14-,15-,19-/m1/s1. The molecule has 0 unspecified atom stereocenters. The summed E-state index contributed by atoms with van der Waals surface area (Å²) in [6.45, 7) is -0.0864. The molecule has 3 aromatic rings. The Morgan fingerprint density at radius 3 is 2.62 bits per heavy atom. The van der Waals surface area contributed by atoms with Crippen LogP contribution in [0.4, 0.5) is 11.6 Å². The predicted octanol–water partition coefficient (Wildman–Crippen LogP) is 0.109. The van der Waals surface area contributed by atoms with Crippen molar-refractivity contribution in [3.63, 3.8) is 0 Å². The van der Waals surface area contributed by atoms with Gasteiger partial charge in [-0.3, -0.25) is 4.57 Å². The van der Waals surface area contributed by atoms with Gasteiger partial charge < -0.3 is 31.1 Å². The molecule has 0 spiro atoms. The molecule has 150 valence electrons. The van der Waals surface area contributed by atoms with Gasteiger partial charge in [-0.05, 0) is 5.56 Å². The van der Waals surface area contributed by atoms with E-state index in [0.29, 0.717) is 17.7 Å². The molecule has 2 aromatic heterocycles. The first-order chi connectivity index (χ1) is 14.1. The summed E-state index contributed by atoms with van der Waals surface area (Å²) >= 11 is 0. The fourth-order valence-corrected chi connectivity index (χ4v) is 3.56. The van der Waals surface area contributed by atoms with Gasteiger partial charge in [-0.2, -0.15) is 5.26 Å². The van der Waals surface area contributed by atoms with Crippen LogP contribution >= 0.6 is 0 Å². The molecule has 0 amide bonds. The van der Waals surface area contributed by atoms with Crippen molar-refractivity contribution in [3.8, 4) is 6.07 Å². The molecule has 0 radical (unpaired) electrons. The molecular weight excluding hydrogens is 376 g/mol. The first-order valence-corrected chi connectivity index (χ1v) is 9.01. The molecule has 4 atom stereocenters. The van der Waals surface area contributed by atoms with Crippen LogP contribution in [0.15, 0.2) is 36.7 Å². The highest BCUT2D eigenvalue weighted by Crippen LogP contribution is 2.39. The van der Waals surface area contributed by atoms with Gasteiger partial charge in [-0.15, -0.1) is 0 Å². The van der Waals surface area contributed by atoms with Crippen molar-refractivity contribution < 1.29 is 20.1 Å². The lowest BCUT2D eigenvalue weighted by Gasteiger charge is -2.21. The van der Waals surface area contributed by atoms with E-state index in [1.54, 1.807) is 0 Å². The Labute approximate surface area is 165 Å². The van der Waals surface area contributed by atoms with Gasteiger partial charge in [-0.1, -0.05) is 30.3 Å².